The maximum absolute atomic E-state index is 12.1. The van der Waals surface area contributed by atoms with Crippen LogP contribution in [0.25, 0.3) is 0 Å². The summed E-state index contributed by atoms with van der Waals surface area (Å²) < 4.78 is 0. The summed E-state index contributed by atoms with van der Waals surface area (Å²) in [6.07, 6.45) is 1.25. The second-order valence-electron chi connectivity index (χ2n) is 4.56. The zero-order valence-corrected chi connectivity index (χ0v) is 12.6. The monoisotopic (exact) mass is 328 g/mol. The number of aromatic hydroxyl groups is 1. The van der Waals surface area contributed by atoms with Crippen molar-refractivity contribution in [2.45, 2.75) is 0 Å². The molecule has 0 aliphatic heterocycles. The summed E-state index contributed by atoms with van der Waals surface area (Å²) in [5, 5.41) is 24.0. The Bertz CT molecular complexity index is 812. The lowest BCUT2D eigenvalue weighted by atomic mass is 10.2. The predicted molar refractivity (Wildman–Crippen MR) is 89.9 cm³/mol. The first-order valence-corrected chi connectivity index (χ1v) is 6.89. The molecule has 0 saturated heterocycles. The van der Waals surface area contributed by atoms with Gasteiger partial charge in [0, 0.05) is 23.6 Å². The summed E-state index contributed by atoms with van der Waals surface area (Å²) >= 11 is 5.97. The summed E-state index contributed by atoms with van der Waals surface area (Å²) in [7, 11) is 0. The molecule has 0 radical (unpaired) electrons. The van der Waals surface area contributed by atoms with Crippen molar-refractivity contribution in [3.8, 4) is 11.8 Å². The Hall–Kier alpha value is -3.17. The number of nitrogens with one attached hydrogen (secondary N) is 2. The molecule has 0 heterocycles. The van der Waals surface area contributed by atoms with Crippen LogP contribution in [-0.4, -0.2) is 11.0 Å². The third-order valence-corrected chi connectivity index (χ3v) is 3.15. The van der Waals surface area contributed by atoms with Gasteiger partial charge >= 0.3 is 0 Å². The van der Waals surface area contributed by atoms with Gasteiger partial charge in [-0.1, -0.05) is 17.7 Å². The van der Waals surface area contributed by atoms with Crippen LogP contribution >= 0.6 is 11.6 Å². The van der Waals surface area contributed by atoms with Crippen molar-refractivity contribution in [2.24, 2.45) is 0 Å². The number of rotatable bonds is 4. The summed E-state index contributed by atoms with van der Waals surface area (Å²) in [5.74, 6) is -0.549. The summed E-state index contributed by atoms with van der Waals surface area (Å²) in [6.45, 7) is 0. The zero-order chi connectivity index (χ0) is 16.8. The van der Waals surface area contributed by atoms with Gasteiger partial charge in [-0.2, -0.15) is 5.26 Å². The van der Waals surface area contributed by atoms with Crippen LogP contribution in [0.5, 0.6) is 5.75 Å². The molecule has 6 nitrogen and oxygen atoms in total. The molecule has 7 heteroatoms. The summed E-state index contributed by atoms with van der Waals surface area (Å²) in [5.41, 5.74) is 6.78. The normalized spacial score (nSPS) is 10.7. The van der Waals surface area contributed by atoms with Gasteiger partial charge in [0.15, 0.2) is 0 Å². The van der Waals surface area contributed by atoms with Crippen molar-refractivity contribution in [1.82, 2.24) is 0 Å². The number of hydrogen-bond donors (Lipinski definition) is 4. The molecular formula is C16H13ClN4O2. The van der Waals surface area contributed by atoms with Crippen molar-refractivity contribution in [1.29, 1.82) is 5.26 Å². The quantitative estimate of drug-likeness (QED) is 0.391. The minimum atomic E-state index is -0.619. The Morgan fingerprint density at radius 1 is 1.30 bits per heavy atom. The number of carbonyl (C=O) groups is 1. The number of hydrogen-bond acceptors (Lipinski definition) is 5. The standard InChI is InChI=1S/C16H13ClN4O2/c17-14-6-11(19)4-5-15(14)21-16(23)10(8-18)9-20-12-2-1-3-13(22)7-12/h1-7,9,20,22H,19H2,(H,21,23)/b10-9-. The van der Waals surface area contributed by atoms with Crippen LogP contribution in [0.1, 0.15) is 0 Å². The third kappa shape index (κ3) is 4.40. The number of nitrogen functional groups attached to an aromatic ring is 1. The average Bonchev–Trinajstić information content (AvgIpc) is 2.51. The van der Waals surface area contributed by atoms with E-state index in [0.29, 0.717) is 17.1 Å². The topological polar surface area (TPSA) is 111 Å². The Morgan fingerprint density at radius 2 is 2.09 bits per heavy atom. The van der Waals surface area contributed by atoms with Gasteiger partial charge in [-0.15, -0.1) is 0 Å². The zero-order valence-electron chi connectivity index (χ0n) is 11.9. The molecular weight excluding hydrogens is 316 g/mol. The van der Waals surface area contributed by atoms with Gasteiger partial charge in [-0.25, -0.2) is 0 Å². The van der Waals surface area contributed by atoms with E-state index in [9.17, 15) is 9.90 Å². The first-order chi connectivity index (χ1) is 11.0. The van der Waals surface area contributed by atoms with E-state index in [0.717, 1.165) is 0 Å². The van der Waals surface area contributed by atoms with E-state index in [1.165, 1.54) is 24.4 Å². The lowest BCUT2D eigenvalue weighted by Crippen LogP contribution is -2.15. The van der Waals surface area contributed by atoms with Crippen LogP contribution < -0.4 is 16.4 Å². The van der Waals surface area contributed by atoms with Gasteiger partial charge in [0.05, 0.1) is 10.7 Å². The minimum absolute atomic E-state index is 0.0695. The first kappa shape index (κ1) is 16.2. The number of amides is 1. The molecule has 0 bridgehead atoms. The molecule has 0 atom stereocenters. The van der Waals surface area contributed by atoms with Crippen molar-refractivity contribution < 1.29 is 9.90 Å². The fraction of sp³-hybridized carbons (Fsp3) is 0. The van der Waals surface area contributed by atoms with Crippen molar-refractivity contribution in [3.63, 3.8) is 0 Å². The number of nitriles is 1. The number of phenols is 1. The van der Waals surface area contributed by atoms with Crippen molar-refractivity contribution in [3.05, 3.63) is 59.3 Å². The molecule has 23 heavy (non-hydrogen) atoms. The smallest absolute Gasteiger partial charge is 0.267 e. The van der Waals surface area contributed by atoms with E-state index in [2.05, 4.69) is 10.6 Å². The number of carbonyl (C=O) groups excluding carboxylic acids is 1. The molecule has 0 aliphatic rings. The van der Waals surface area contributed by atoms with E-state index in [-0.39, 0.29) is 16.3 Å². The van der Waals surface area contributed by atoms with Gasteiger partial charge in [-0.05, 0) is 30.3 Å². The highest BCUT2D eigenvalue weighted by molar-refractivity contribution is 6.34. The molecule has 0 unspecified atom stereocenters. The Kier molecular flexibility index (Phi) is 5.07. The molecule has 0 aromatic heterocycles. The molecule has 0 fully saturated rings. The van der Waals surface area contributed by atoms with Gasteiger partial charge in [-0.3, -0.25) is 4.79 Å². The van der Waals surface area contributed by atoms with Crippen molar-refractivity contribution >= 4 is 34.6 Å². The molecule has 0 spiro atoms. The highest BCUT2D eigenvalue weighted by atomic mass is 35.5. The molecule has 116 valence electrons. The fourth-order valence-electron chi connectivity index (χ4n) is 1.72. The Morgan fingerprint density at radius 3 is 2.74 bits per heavy atom. The molecule has 2 aromatic rings. The average molecular weight is 329 g/mol. The van der Waals surface area contributed by atoms with E-state index in [1.54, 1.807) is 30.3 Å². The predicted octanol–water partition coefficient (Wildman–Crippen LogP) is 3.09. The number of halogens is 1. The van der Waals surface area contributed by atoms with Crippen LogP contribution in [0, 0.1) is 11.3 Å². The number of phenolic OH excluding ortho intramolecular Hbond substituents is 1. The van der Waals surface area contributed by atoms with Gasteiger partial charge in [0.1, 0.15) is 17.4 Å². The van der Waals surface area contributed by atoms with Crippen LogP contribution in [0.15, 0.2) is 54.2 Å². The molecule has 5 N–H and O–H groups in total. The maximum Gasteiger partial charge on any atom is 0.267 e. The molecule has 0 aliphatic carbocycles. The van der Waals surface area contributed by atoms with Gasteiger partial charge in [0.25, 0.3) is 5.91 Å². The Balaban J connectivity index is 2.12. The van der Waals surface area contributed by atoms with E-state index in [4.69, 9.17) is 22.6 Å². The highest BCUT2D eigenvalue weighted by Crippen LogP contribution is 2.24. The van der Waals surface area contributed by atoms with E-state index < -0.39 is 5.91 Å². The first-order valence-electron chi connectivity index (χ1n) is 6.52. The Labute approximate surface area is 137 Å². The highest BCUT2D eigenvalue weighted by Gasteiger charge is 2.11. The summed E-state index contributed by atoms with van der Waals surface area (Å²) in [6, 6.07) is 12.7. The number of nitrogens with zero attached hydrogens (tertiary/aromatic N) is 1. The van der Waals surface area contributed by atoms with Crippen LogP contribution in [0.4, 0.5) is 17.1 Å². The number of benzene rings is 2. The molecule has 2 aromatic carbocycles. The third-order valence-electron chi connectivity index (χ3n) is 2.84. The lowest BCUT2D eigenvalue weighted by Gasteiger charge is -2.07. The fourth-order valence-corrected chi connectivity index (χ4v) is 1.96. The van der Waals surface area contributed by atoms with E-state index in [1.807, 2.05) is 0 Å². The molecule has 2 rings (SSSR count). The van der Waals surface area contributed by atoms with Crippen LogP contribution in [0.2, 0.25) is 5.02 Å². The van der Waals surface area contributed by atoms with E-state index >= 15 is 0 Å². The second kappa shape index (κ2) is 7.20. The molecule has 0 saturated carbocycles. The minimum Gasteiger partial charge on any atom is -0.508 e. The number of anilines is 3. The number of nitrogens with two attached hydrogens (primary N) is 1. The van der Waals surface area contributed by atoms with Crippen molar-refractivity contribution in [2.75, 3.05) is 16.4 Å². The largest absolute Gasteiger partial charge is 0.508 e. The summed E-state index contributed by atoms with van der Waals surface area (Å²) in [4.78, 5) is 12.1. The van der Waals surface area contributed by atoms with Crippen LogP contribution in [-0.2, 0) is 4.79 Å². The molecule has 1 amide bonds. The maximum atomic E-state index is 12.1. The van der Waals surface area contributed by atoms with Gasteiger partial charge in [0.2, 0.25) is 0 Å². The van der Waals surface area contributed by atoms with Gasteiger partial charge < -0.3 is 21.5 Å². The SMILES string of the molecule is N#C/C(=C/Nc1cccc(O)c1)C(=O)Nc1ccc(N)cc1Cl. The second-order valence-corrected chi connectivity index (χ2v) is 4.97. The lowest BCUT2D eigenvalue weighted by molar-refractivity contribution is -0.112. The van der Waals surface area contributed by atoms with Crippen LogP contribution in [0.3, 0.4) is 0 Å².